The molecule has 0 saturated carbocycles. The molecule has 1 aliphatic rings. The number of urea groups is 1. The van der Waals surface area contributed by atoms with Crippen molar-refractivity contribution in [2.24, 2.45) is 0 Å². The Bertz CT molecular complexity index is 788. The third-order valence-electron chi connectivity index (χ3n) is 4.57. The van der Waals surface area contributed by atoms with Gasteiger partial charge in [0.25, 0.3) is 11.6 Å². The van der Waals surface area contributed by atoms with Crippen LogP contribution in [0.5, 0.6) is 5.75 Å². The molecule has 1 heterocycles. The van der Waals surface area contributed by atoms with Gasteiger partial charge in [-0.1, -0.05) is 26.7 Å². The first-order valence-corrected chi connectivity index (χ1v) is 9.04. The zero-order chi connectivity index (χ0) is 20.9. The van der Waals surface area contributed by atoms with Gasteiger partial charge >= 0.3 is 6.03 Å². The van der Waals surface area contributed by atoms with Gasteiger partial charge in [0.15, 0.2) is 0 Å². The lowest BCUT2D eigenvalue weighted by atomic mass is 9.88. The van der Waals surface area contributed by atoms with Gasteiger partial charge in [-0.05, 0) is 18.9 Å². The number of carbonyl (C=O) groups excluding carboxylic acids is 3. The second-order valence-electron chi connectivity index (χ2n) is 6.59. The van der Waals surface area contributed by atoms with E-state index < -0.39 is 34.9 Å². The Morgan fingerprint density at radius 1 is 1.29 bits per heavy atom. The Morgan fingerprint density at radius 3 is 2.46 bits per heavy atom. The topological polar surface area (TPSA) is 131 Å². The number of hydrogen-bond donors (Lipinski definition) is 2. The standard InChI is InChI=1S/C18H24N4O6/c1-4-8-18(9-5-2)16(24)21(17(25)20-18)11-15(23)19-13-7-6-12(22(26)27)10-14(13)28-3/h6-7,10H,4-5,8-9,11H2,1-3H3,(H,19,23)(H,20,25). The second kappa shape index (κ2) is 8.68. The van der Waals surface area contributed by atoms with E-state index in [1.807, 2.05) is 13.8 Å². The molecule has 0 unspecified atom stereocenters. The summed E-state index contributed by atoms with van der Waals surface area (Å²) < 4.78 is 5.07. The van der Waals surface area contributed by atoms with Crippen molar-refractivity contribution in [1.29, 1.82) is 0 Å². The summed E-state index contributed by atoms with van der Waals surface area (Å²) in [5, 5.41) is 16.1. The van der Waals surface area contributed by atoms with E-state index in [-0.39, 0.29) is 17.1 Å². The maximum Gasteiger partial charge on any atom is 0.325 e. The van der Waals surface area contributed by atoms with Gasteiger partial charge in [-0.2, -0.15) is 0 Å². The number of ether oxygens (including phenoxy) is 1. The van der Waals surface area contributed by atoms with Crippen molar-refractivity contribution < 1.29 is 24.0 Å². The SMILES string of the molecule is CCCC1(CCC)NC(=O)N(CC(=O)Nc2ccc([N+](=O)[O-])cc2OC)C1=O. The van der Waals surface area contributed by atoms with E-state index in [1.54, 1.807) is 0 Å². The quantitative estimate of drug-likeness (QED) is 0.377. The number of rotatable bonds is 9. The molecular formula is C18H24N4O6. The minimum atomic E-state index is -0.966. The van der Waals surface area contributed by atoms with Crippen LogP contribution < -0.4 is 15.4 Å². The van der Waals surface area contributed by atoms with Crippen LogP contribution >= 0.6 is 0 Å². The summed E-state index contributed by atoms with van der Waals surface area (Å²) >= 11 is 0. The number of nitrogens with one attached hydrogen (secondary N) is 2. The van der Waals surface area contributed by atoms with Gasteiger partial charge < -0.3 is 15.4 Å². The van der Waals surface area contributed by atoms with Crippen molar-refractivity contribution in [3.8, 4) is 5.75 Å². The first kappa shape index (κ1) is 21.1. The molecule has 0 aliphatic carbocycles. The molecule has 10 nitrogen and oxygen atoms in total. The molecule has 0 radical (unpaired) electrons. The van der Waals surface area contributed by atoms with Crippen LogP contribution in [-0.2, 0) is 9.59 Å². The molecule has 1 aliphatic heterocycles. The number of amides is 4. The molecule has 2 rings (SSSR count). The van der Waals surface area contributed by atoms with Crippen LogP contribution in [-0.4, -0.2) is 46.9 Å². The summed E-state index contributed by atoms with van der Waals surface area (Å²) in [5.74, 6) is -0.919. The van der Waals surface area contributed by atoms with Crippen molar-refractivity contribution in [2.45, 2.75) is 45.1 Å². The van der Waals surface area contributed by atoms with Gasteiger partial charge in [0.2, 0.25) is 5.91 Å². The highest BCUT2D eigenvalue weighted by atomic mass is 16.6. The average molecular weight is 392 g/mol. The summed E-state index contributed by atoms with van der Waals surface area (Å²) in [5.41, 5.74) is -0.947. The third kappa shape index (κ3) is 4.21. The summed E-state index contributed by atoms with van der Waals surface area (Å²) in [4.78, 5) is 48.7. The Labute approximate surface area is 162 Å². The summed E-state index contributed by atoms with van der Waals surface area (Å²) in [6.45, 7) is 3.39. The number of carbonyl (C=O) groups is 3. The Hall–Kier alpha value is -3.17. The first-order valence-electron chi connectivity index (χ1n) is 9.04. The number of nitro benzene ring substituents is 1. The van der Waals surface area contributed by atoms with E-state index in [0.717, 1.165) is 4.90 Å². The normalized spacial score (nSPS) is 15.3. The van der Waals surface area contributed by atoms with E-state index >= 15 is 0 Å². The van der Waals surface area contributed by atoms with Crippen molar-refractivity contribution in [3.63, 3.8) is 0 Å². The fourth-order valence-corrected chi connectivity index (χ4v) is 3.37. The zero-order valence-electron chi connectivity index (χ0n) is 16.1. The largest absolute Gasteiger partial charge is 0.494 e. The molecule has 0 aromatic heterocycles. The minimum absolute atomic E-state index is 0.103. The van der Waals surface area contributed by atoms with Crippen molar-refractivity contribution in [2.75, 3.05) is 19.0 Å². The third-order valence-corrected chi connectivity index (χ3v) is 4.57. The fraction of sp³-hybridized carbons (Fsp3) is 0.500. The first-order chi connectivity index (χ1) is 13.3. The molecular weight excluding hydrogens is 368 g/mol. The fourth-order valence-electron chi connectivity index (χ4n) is 3.37. The van der Waals surface area contributed by atoms with Gasteiger partial charge in [-0.25, -0.2) is 4.79 Å². The predicted molar refractivity (Wildman–Crippen MR) is 101 cm³/mol. The van der Waals surface area contributed by atoms with Crippen LogP contribution in [0.4, 0.5) is 16.2 Å². The highest BCUT2D eigenvalue weighted by Gasteiger charge is 2.50. The monoisotopic (exact) mass is 392 g/mol. The molecule has 2 N–H and O–H groups in total. The summed E-state index contributed by atoms with van der Waals surface area (Å²) in [6, 6.07) is 3.13. The van der Waals surface area contributed by atoms with Crippen molar-refractivity contribution >= 4 is 29.2 Å². The highest BCUT2D eigenvalue weighted by molar-refractivity contribution is 6.10. The van der Waals surface area contributed by atoms with Crippen LogP contribution in [0.15, 0.2) is 18.2 Å². The van der Waals surface area contributed by atoms with Crippen LogP contribution in [0.25, 0.3) is 0 Å². The van der Waals surface area contributed by atoms with Gasteiger partial charge in [-0.15, -0.1) is 0 Å². The lowest BCUT2D eigenvalue weighted by molar-refractivity contribution is -0.384. The molecule has 1 aromatic rings. The van der Waals surface area contributed by atoms with Gasteiger partial charge in [0.05, 0.1) is 23.8 Å². The number of imide groups is 1. The Kier molecular flexibility index (Phi) is 6.55. The zero-order valence-corrected chi connectivity index (χ0v) is 16.1. The van der Waals surface area contributed by atoms with Gasteiger partial charge in [0, 0.05) is 6.07 Å². The lowest BCUT2D eigenvalue weighted by Crippen LogP contribution is -2.47. The number of nitrogens with zero attached hydrogens (tertiary/aromatic N) is 2. The van der Waals surface area contributed by atoms with E-state index in [2.05, 4.69) is 10.6 Å². The van der Waals surface area contributed by atoms with Crippen molar-refractivity contribution in [3.05, 3.63) is 28.3 Å². The van der Waals surface area contributed by atoms with E-state index in [0.29, 0.717) is 25.7 Å². The predicted octanol–water partition coefficient (Wildman–Crippen LogP) is 2.43. The van der Waals surface area contributed by atoms with Crippen LogP contribution in [0, 0.1) is 10.1 Å². The maximum atomic E-state index is 12.8. The number of anilines is 1. The lowest BCUT2D eigenvalue weighted by Gasteiger charge is -2.25. The van der Waals surface area contributed by atoms with Crippen LogP contribution in [0.2, 0.25) is 0 Å². The number of hydrogen-bond acceptors (Lipinski definition) is 6. The van der Waals surface area contributed by atoms with Crippen LogP contribution in [0.1, 0.15) is 39.5 Å². The highest BCUT2D eigenvalue weighted by Crippen LogP contribution is 2.30. The number of methoxy groups -OCH3 is 1. The van der Waals surface area contributed by atoms with E-state index in [9.17, 15) is 24.5 Å². The molecule has 1 saturated heterocycles. The molecule has 1 fully saturated rings. The second-order valence-corrected chi connectivity index (χ2v) is 6.59. The van der Waals surface area contributed by atoms with Crippen molar-refractivity contribution in [1.82, 2.24) is 10.2 Å². The summed E-state index contributed by atoms with van der Waals surface area (Å²) in [6.07, 6.45) is 2.43. The maximum absolute atomic E-state index is 12.8. The number of benzene rings is 1. The summed E-state index contributed by atoms with van der Waals surface area (Å²) in [7, 11) is 1.32. The van der Waals surface area contributed by atoms with E-state index in [1.165, 1.54) is 25.3 Å². The molecule has 0 bridgehead atoms. The molecule has 4 amide bonds. The minimum Gasteiger partial charge on any atom is -0.494 e. The molecule has 0 atom stereocenters. The molecule has 152 valence electrons. The average Bonchev–Trinajstić information content (AvgIpc) is 2.86. The number of non-ortho nitro benzene ring substituents is 1. The number of nitro groups is 1. The Morgan fingerprint density at radius 2 is 1.93 bits per heavy atom. The molecule has 10 heteroatoms. The van der Waals surface area contributed by atoms with Crippen LogP contribution in [0.3, 0.4) is 0 Å². The smallest absolute Gasteiger partial charge is 0.325 e. The molecule has 28 heavy (non-hydrogen) atoms. The van der Waals surface area contributed by atoms with Gasteiger partial charge in [-0.3, -0.25) is 24.6 Å². The van der Waals surface area contributed by atoms with E-state index in [4.69, 9.17) is 4.74 Å². The molecule has 1 aromatic carbocycles. The Balaban J connectivity index is 2.14. The molecule has 0 spiro atoms. The van der Waals surface area contributed by atoms with Gasteiger partial charge in [0.1, 0.15) is 17.8 Å².